The van der Waals surface area contributed by atoms with E-state index in [4.69, 9.17) is 0 Å². The number of nitrogens with zero attached hydrogens (tertiary/aromatic N) is 3. The minimum absolute atomic E-state index is 0.394. The Balaban J connectivity index is 1.80. The minimum atomic E-state index is -0.676. The Bertz CT molecular complexity index is 325. The summed E-state index contributed by atoms with van der Waals surface area (Å²) in [6.07, 6.45) is 1.92. The topological polar surface area (TPSA) is 41.0 Å². The highest BCUT2D eigenvalue weighted by Crippen LogP contribution is 2.13. The average Bonchev–Trinajstić information content (AvgIpc) is 2.15. The lowest BCUT2D eigenvalue weighted by atomic mass is 10.1. The first-order chi connectivity index (χ1) is 7.28. The maximum absolute atomic E-state index is 12.7. The van der Waals surface area contributed by atoms with E-state index in [1.165, 1.54) is 12.6 Å². The average molecular weight is 210 g/mol. The van der Waals surface area contributed by atoms with Crippen molar-refractivity contribution in [1.29, 1.82) is 0 Å². The van der Waals surface area contributed by atoms with E-state index in [0.29, 0.717) is 11.9 Å². The quantitative estimate of drug-likeness (QED) is 0.756. The summed E-state index contributed by atoms with van der Waals surface area (Å²) in [5.41, 5.74) is 0. The van der Waals surface area contributed by atoms with Crippen LogP contribution in [0.1, 0.15) is 13.3 Å². The number of halogens is 1. The summed E-state index contributed by atoms with van der Waals surface area (Å²) in [6, 6.07) is 2.08. The summed E-state index contributed by atoms with van der Waals surface area (Å²) in [7, 11) is 0. The lowest BCUT2D eigenvalue weighted by Crippen LogP contribution is -2.54. The largest absolute Gasteiger partial charge is 0.365 e. The smallest absolute Gasteiger partial charge is 0.310 e. The molecule has 0 aliphatic carbocycles. The number of hydrogen-bond acceptors (Lipinski definition) is 4. The Morgan fingerprint density at radius 1 is 1.60 bits per heavy atom. The van der Waals surface area contributed by atoms with Gasteiger partial charge < -0.3 is 5.32 Å². The predicted octanol–water partition coefficient (Wildman–Crippen LogP) is 1.12. The predicted molar refractivity (Wildman–Crippen MR) is 56.1 cm³/mol. The van der Waals surface area contributed by atoms with Crippen LogP contribution in [0.15, 0.2) is 12.3 Å². The van der Waals surface area contributed by atoms with Gasteiger partial charge in [0.15, 0.2) is 0 Å². The Morgan fingerprint density at radius 3 is 3.07 bits per heavy atom. The highest BCUT2D eigenvalue weighted by atomic mass is 19.1. The Hall–Kier alpha value is -1.23. The van der Waals surface area contributed by atoms with Crippen LogP contribution < -0.4 is 5.32 Å². The second-order valence-electron chi connectivity index (χ2n) is 3.81. The molecule has 1 aromatic rings. The zero-order chi connectivity index (χ0) is 10.7. The number of rotatable bonds is 4. The van der Waals surface area contributed by atoms with Gasteiger partial charge in [-0.05, 0) is 19.0 Å². The lowest BCUT2D eigenvalue weighted by Gasteiger charge is -2.39. The standard InChI is InChI=1S/C10H15FN4/c1-2-5-15-6-8(7-15)13-9-3-4-12-10(11)14-9/h3-4,8H,2,5-7H2,1H3,(H,12,13,14). The molecule has 15 heavy (non-hydrogen) atoms. The van der Waals surface area contributed by atoms with E-state index in [1.54, 1.807) is 6.07 Å². The Morgan fingerprint density at radius 2 is 2.40 bits per heavy atom. The molecule has 0 radical (unpaired) electrons. The van der Waals surface area contributed by atoms with Crippen molar-refractivity contribution in [3.63, 3.8) is 0 Å². The van der Waals surface area contributed by atoms with Crippen molar-refractivity contribution in [3.8, 4) is 0 Å². The molecule has 5 heteroatoms. The lowest BCUT2D eigenvalue weighted by molar-refractivity contribution is 0.162. The van der Waals surface area contributed by atoms with Crippen molar-refractivity contribution in [2.24, 2.45) is 0 Å². The number of anilines is 1. The molecule has 1 fully saturated rings. The molecule has 1 aliphatic heterocycles. The molecule has 4 nitrogen and oxygen atoms in total. The third-order valence-electron chi connectivity index (χ3n) is 2.48. The fourth-order valence-electron chi connectivity index (χ4n) is 1.78. The van der Waals surface area contributed by atoms with Crippen molar-refractivity contribution < 1.29 is 4.39 Å². The Labute approximate surface area is 88.5 Å². The van der Waals surface area contributed by atoms with Gasteiger partial charge in [0.25, 0.3) is 0 Å². The van der Waals surface area contributed by atoms with Crippen LogP contribution >= 0.6 is 0 Å². The summed E-state index contributed by atoms with van der Waals surface area (Å²) >= 11 is 0. The molecule has 1 aromatic heterocycles. The SMILES string of the molecule is CCCN1CC(Nc2ccnc(F)n2)C1. The van der Waals surface area contributed by atoms with E-state index in [2.05, 4.69) is 27.1 Å². The molecule has 0 atom stereocenters. The molecule has 0 spiro atoms. The zero-order valence-electron chi connectivity index (χ0n) is 8.78. The monoisotopic (exact) mass is 210 g/mol. The first-order valence-corrected chi connectivity index (χ1v) is 5.25. The molecule has 1 saturated heterocycles. The van der Waals surface area contributed by atoms with Crippen molar-refractivity contribution in [2.75, 3.05) is 25.0 Å². The zero-order valence-corrected chi connectivity index (χ0v) is 8.78. The van der Waals surface area contributed by atoms with Crippen LogP contribution in [-0.4, -0.2) is 40.5 Å². The highest BCUT2D eigenvalue weighted by Gasteiger charge is 2.25. The van der Waals surface area contributed by atoms with Gasteiger partial charge in [0, 0.05) is 19.3 Å². The first kappa shape index (κ1) is 10.3. The van der Waals surface area contributed by atoms with Gasteiger partial charge in [-0.3, -0.25) is 4.90 Å². The van der Waals surface area contributed by atoms with Crippen LogP contribution in [-0.2, 0) is 0 Å². The van der Waals surface area contributed by atoms with Crippen molar-refractivity contribution in [2.45, 2.75) is 19.4 Å². The molecule has 0 bridgehead atoms. The van der Waals surface area contributed by atoms with Gasteiger partial charge in [0.05, 0.1) is 6.04 Å². The van der Waals surface area contributed by atoms with Crippen molar-refractivity contribution in [1.82, 2.24) is 14.9 Å². The van der Waals surface area contributed by atoms with Gasteiger partial charge in [-0.25, -0.2) is 4.98 Å². The van der Waals surface area contributed by atoms with Crippen LogP contribution in [0, 0.1) is 6.08 Å². The number of likely N-dealkylation sites (tertiary alicyclic amines) is 1. The van der Waals surface area contributed by atoms with Gasteiger partial charge >= 0.3 is 6.08 Å². The molecular formula is C10H15FN4. The van der Waals surface area contributed by atoms with Gasteiger partial charge in [0.2, 0.25) is 0 Å². The van der Waals surface area contributed by atoms with Crippen LogP contribution in [0.2, 0.25) is 0 Å². The second kappa shape index (κ2) is 4.53. The van der Waals surface area contributed by atoms with Crippen molar-refractivity contribution >= 4 is 5.82 Å². The fourth-order valence-corrected chi connectivity index (χ4v) is 1.78. The van der Waals surface area contributed by atoms with Crippen LogP contribution in [0.4, 0.5) is 10.2 Å². The Kier molecular flexibility index (Phi) is 3.11. The van der Waals surface area contributed by atoms with E-state index in [1.807, 2.05) is 0 Å². The third kappa shape index (κ3) is 2.62. The summed E-state index contributed by atoms with van der Waals surface area (Å²) in [5.74, 6) is 0.573. The van der Waals surface area contributed by atoms with Gasteiger partial charge in [-0.15, -0.1) is 0 Å². The van der Waals surface area contributed by atoms with Gasteiger partial charge in [-0.2, -0.15) is 9.37 Å². The first-order valence-electron chi connectivity index (χ1n) is 5.25. The number of hydrogen-bond donors (Lipinski definition) is 1. The maximum atomic E-state index is 12.7. The van der Waals surface area contributed by atoms with Crippen LogP contribution in [0.3, 0.4) is 0 Å². The number of aromatic nitrogens is 2. The summed E-state index contributed by atoms with van der Waals surface area (Å²) in [4.78, 5) is 9.42. The van der Waals surface area contributed by atoms with Crippen LogP contribution in [0.5, 0.6) is 0 Å². The van der Waals surface area contributed by atoms with Crippen molar-refractivity contribution in [3.05, 3.63) is 18.3 Å². The number of nitrogens with one attached hydrogen (secondary N) is 1. The van der Waals surface area contributed by atoms with E-state index in [-0.39, 0.29) is 0 Å². The molecule has 0 unspecified atom stereocenters. The van der Waals surface area contributed by atoms with E-state index in [9.17, 15) is 4.39 Å². The third-order valence-corrected chi connectivity index (χ3v) is 2.48. The molecule has 82 valence electrons. The molecule has 1 aliphatic rings. The molecule has 1 N–H and O–H groups in total. The molecule has 2 heterocycles. The fraction of sp³-hybridized carbons (Fsp3) is 0.600. The maximum Gasteiger partial charge on any atom is 0.310 e. The van der Waals surface area contributed by atoms with E-state index in [0.717, 1.165) is 19.6 Å². The second-order valence-corrected chi connectivity index (χ2v) is 3.81. The van der Waals surface area contributed by atoms with Gasteiger partial charge in [-0.1, -0.05) is 6.92 Å². The minimum Gasteiger partial charge on any atom is -0.365 e. The van der Waals surface area contributed by atoms with E-state index >= 15 is 0 Å². The van der Waals surface area contributed by atoms with Crippen LogP contribution in [0.25, 0.3) is 0 Å². The molecule has 0 aromatic carbocycles. The molecule has 0 saturated carbocycles. The molecule has 0 amide bonds. The molecular weight excluding hydrogens is 195 g/mol. The van der Waals surface area contributed by atoms with Gasteiger partial charge in [0.1, 0.15) is 5.82 Å². The summed E-state index contributed by atoms with van der Waals surface area (Å²) in [6.45, 7) is 5.33. The van der Waals surface area contributed by atoms with E-state index < -0.39 is 6.08 Å². The summed E-state index contributed by atoms with van der Waals surface area (Å²) in [5, 5.41) is 3.17. The normalized spacial score (nSPS) is 17.5. The molecule has 2 rings (SSSR count). The highest BCUT2D eigenvalue weighted by molar-refractivity contribution is 5.34. The summed E-state index contributed by atoms with van der Waals surface area (Å²) < 4.78 is 12.7.